The van der Waals surface area contributed by atoms with Gasteiger partial charge in [-0.3, -0.25) is 4.79 Å². The molecule has 8 nitrogen and oxygen atoms in total. The van der Waals surface area contributed by atoms with E-state index in [4.69, 9.17) is 0 Å². The van der Waals surface area contributed by atoms with Crippen molar-refractivity contribution in [3.63, 3.8) is 0 Å². The number of nitrogens with one attached hydrogen (secondary N) is 1. The number of hydrogen-bond donors (Lipinski definition) is 2. The summed E-state index contributed by atoms with van der Waals surface area (Å²) in [5.41, 5.74) is 3.66. The summed E-state index contributed by atoms with van der Waals surface area (Å²) in [5, 5.41) is 24.0. The number of carboxylic acid groups (broad SMARTS) is 1. The van der Waals surface area contributed by atoms with Crippen molar-refractivity contribution in [2.75, 3.05) is 0 Å². The van der Waals surface area contributed by atoms with Gasteiger partial charge >= 0.3 is 73.3 Å². The number of rotatable bonds is 10. The van der Waals surface area contributed by atoms with E-state index in [0.29, 0.717) is 12.2 Å². The minimum atomic E-state index is -0.976. The quantitative estimate of drug-likeness (QED) is 0.403. The van der Waals surface area contributed by atoms with Crippen molar-refractivity contribution >= 4 is 49.6 Å². The van der Waals surface area contributed by atoms with Gasteiger partial charge in [0.2, 0.25) is 11.7 Å². The molecule has 1 heterocycles. The van der Waals surface area contributed by atoms with E-state index in [2.05, 4.69) is 20.6 Å². The monoisotopic (exact) mass is 501 g/mol. The maximum absolute atomic E-state index is 12.9. The number of carboxylic acids is 1. The first-order valence-electron chi connectivity index (χ1n) is 10.9. The average Bonchev–Trinajstić information content (AvgIpc) is 3.32. The van der Waals surface area contributed by atoms with Crippen LogP contribution in [0.2, 0.25) is 0 Å². The first kappa shape index (κ1) is 30.7. The minimum Gasteiger partial charge on any atom is -1.00 e. The molecule has 3 rings (SSSR count). The fourth-order valence-electron chi connectivity index (χ4n) is 3.78. The third-order valence-electron chi connectivity index (χ3n) is 5.42. The van der Waals surface area contributed by atoms with E-state index < -0.39 is 12.0 Å². The molecule has 34 heavy (non-hydrogen) atoms. The topological polar surface area (TPSA) is 112 Å². The van der Waals surface area contributed by atoms with Crippen molar-refractivity contribution in [3.05, 3.63) is 54.1 Å². The Hall–Kier alpha value is -1.29. The summed E-state index contributed by atoms with van der Waals surface area (Å²) in [7, 11) is 0. The van der Waals surface area contributed by atoms with Gasteiger partial charge in [-0.05, 0) is 34.2 Å². The van der Waals surface area contributed by atoms with Gasteiger partial charge in [0.15, 0.2) is 0 Å². The number of aliphatic carboxylic acids is 1. The summed E-state index contributed by atoms with van der Waals surface area (Å²) in [6, 6.07) is 14.7. The first-order chi connectivity index (χ1) is 15.4. The van der Waals surface area contributed by atoms with Gasteiger partial charge in [0, 0.05) is 18.5 Å². The molecule has 0 saturated heterocycles. The Balaban J connectivity index is -0.00000231. The molecule has 3 aromatic rings. The van der Waals surface area contributed by atoms with E-state index >= 15 is 0 Å². The van der Waals surface area contributed by atoms with Gasteiger partial charge in [-0.15, -0.1) is 10.2 Å². The maximum Gasteiger partial charge on any atom is 2.00 e. The smallest absolute Gasteiger partial charge is 1.00 e. The van der Waals surface area contributed by atoms with Crippen LogP contribution in [-0.2, 0) is 16.1 Å². The molecular weight excluding hydrogens is 469 g/mol. The Kier molecular flexibility index (Phi) is 13.5. The summed E-state index contributed by atoms with van der Waals surface area (Å²) < 4.78 is 0. The molecule has 174 valence electrons. The van der Waals surface area contributed by atoms with Crippen LogP contribution in [0.25, 0.3) is 22.5 Å². The van der Waals surface area contributed by atoms with Gasteiger partial charge in [-0.1, -0.05) is 75.7 Å². The molecule has 1 atom stereocenters. The van der Waals surface area contributed by atoms with Gasteiger partial charge in [0.1, 0.15) is 6.04 Å². The molecule has 0 aliphatic heterocycles. The number of carbonyl (C=O) groups excluding carboxylic acids is 1. The van der Waals surface area contributed by atoms with Gasteiger partial charge < -0.3 is 14.3 Å². The van der Waals surface area contributed by atoms with Gasteiger partial charge in [-0.2, -0.15) is 5.21 Å². The van der Waals surface area contributed by atoms with Crippen molar-refractivity contribution < 1.29 is 48.5 Å². The molecule has 0 aliphatic rings. The van der Waals surface area contributed by atoms with Crippen LogP contribution in [-0.4, -0.2) is 86.3 Å². The van der Waals surface area contributed by atoms with Crippen LogP contribution in [0.15, 0.2) is 48.5 Å². The summed E-state index contributed by atoms with van der Waals surface area (Å²) >= 11 is 0. The molecule has 1 amide bonds. The Labute approximate surface area is 256 Å². The fraction of sp³-hybridized carbons (Fsp3) is 0.375. The average molecular weight is 502 g/mol. The zero-order chi connectivity index (χ0) is 23.1. The molecule has 0 saturated carbocycles. The van der Waals surface area contributed by atoms with Crippen LogP contribution >= 0.6 is 0 Å². The molecule has 0 spiro atoms. The summed E-state index contributed by atoms with van der Waals surface area (Å²) in [4.78, 5) is 26.3. The van der Waals surface area contributed by atoms with Gasteiger partial charge in [0.25, 0.3) is 0 Å². The second-order valence-electron chi connectivity index (χ2n) is 8.13. The van der Waals surface area contributed by atoms with Gasteiger partial charge in [0.05, 0.1) is 0 Å². The van der Waals surface area contributed by atoms with E-state index in [1.54, 1.807) is 0 Å². The summed E-state index contributed by atoms with van der Waals surface area (Å²) in [6.07, 6.45) is 1.97. The molecule has 0 bridgehead atoms. The van der Waals surface area contributed by atoms with Crippen molar-refractivity contribution in [3.8, 4) is 22.5 Å². The number of benzene rings is 2. The van der Waals surface area contributed by atoms with Gasteiger partial charge in [-0.25, -0.2) is 4.79 Å². The van der Waals surface area contributed by atoms with E-state index in [0.717, 1.165) is 35.1 Å². The Morgan fingerprint density at radius 3 is 2.26 bits per heavy atom. The molecule has 1 unspecified atom stereocenters. The second kappa shape index (κ2) is 15.0. The standard InChI is InChI=1S/C24H29N5O3.Ca.Na.3H/c1-4-5-10-21(30)29(22(16(2)3)24(31)32)15-17-11-13-18(14-12-17)19-8-6-7-9-20(19)23-25-27-28-26-23;;;;;/h6-9,11-14,16,22H,4-5,10,15H2,1-3H3,(H,31,32)(H,25,26,27,28);;;;;/q;+2;+1;3*-1. The summed E-state index contributed by atoms with van der Waals surface area (Å²) in [5.74, 6) is -0.784. The Bertz CT molecular complexity index is 1060. The number of tetrazole rings is 1. The Morgan fingerprint density at radius 2 is 1.74 bits per heavy atom. The molecule has 2 N–H and O–H groups in total. The van der Waals surface area contributed by atoms with Crippen molar-refractivity contribution in [1.82, 2.24) is 25.5 Å². The van der Waals surface area contributed by atoms with E-state index in [9.17, 15) is 14.7 Å². The normalized spacial score (nSPS) is 11.3. The maximum atomic E-state index is 12.9. The number of amides is 1. The third-order valence-corrected chi connectivity index (χ3v) is 5.42. The number of H-pyrrole nitrogens is 1. The Morgan fingerprint density at radius 1 is 1.09 bits per heavy atom. The van der Waals surface area contributed by atoms with Crippen LogP contribution in [0.1, 0.15) is 49.9 Å². The fourth-order valence-corrected chi connectivity index (χ4v) is 3.78. The molecule has 0 fully saturated rings. The number of carbonyl (C=O) groups is 2. The van der Waals surface area contributed by atoms with Crippen molar-refractivity contribution in [2.45, 2.75) is 52.6 Å². The zero-order valence-electron chi connectivity index (χ0n) is 23.4. The van der Waals surface area contributed by atoms with Crippen LogP contribution in [0.3, 0.4) is 0 Å². The second-order valence-corrected chi connectivity index (χ2v) is 8.13. The third kappa shape index (κ3) is 7.86. The van der Waals surface area contributed by atoms with Crippen LogP contribution in [0.5, 0.6) is 0 Å². The van der Waals surface area contributed by atoms with Crippen LogP contribution < -0.4 is 29.6 Å². The predicted octanol–water partition coefficient (Wildman–Crippen LogP) is 1.12. The molecular formula is C24H32CaN5NaO3. The SMILES string of the molecule is CCCCC(=O)N(Cc1ccc(-c2ccccc2-c2nn[nH]n2)cc1)C(C(=O)O)C(C)C.[Ca+2].[H-].[H-].[H-].[Na+]. The van der Waals surface area contributed by atoms with Crippen LogP contribution in [0, 0.1) is 5.92 Å². The largest absolute Gasteiger partial charge is 2.00 e. The van der Waals surface area contributed by atoms with E-state index in [1.165, 1.54) is 4.90 Å². The predicted molar refractivity (Wildman–Crippen MR) is 130 cm³/mol. The van der Waals surface area contributed by atoms with E-state index in [1.807, 2.05) is 69.3 Å². The molecule has 0 radical (unpaired) electrons. The molecule has 0 aliphatic carbocycles. The molecule has 1 aromatic heterocycles. The van der Waals surface area contributed by atoms with Crippen LogP contribution in [0.4, 0.5) is 0 Å². The van der Waals surface area contributed by atoms with E-state index in [-0.39, 0.29) is 89.9 Å². The summed E-state index contributed by atoms with van der Waals surface area (Å²) in [6.45, 7) is 5.93. The molecule has 10 heteroatoms. The number of unbranched alkanes of at least 4 members (excludes halogenated alkanes) is 1. The number of hydrogen-bond acceptors (Lipinski definition) is 5. The number of aromatic nitrogens is 4. The number of nitrogens with zero attached hydrogens (tertiary/aromatic N) is 4. The number of aromatic amines is 1. The molecule has 2 aromatic carbocycles. The zero-order valence-corrected chi connectivity index (χ0v) is 24.6. The van der Waals surface area contributed by atoms with Crippen molar-refractivity contribution in [1.29, 1.82) is 0 Å². The van der Waals surface area contributed by atoms with Crippen molar-refractivity contribution in [2.24, 2.45) is 5.92 Å². The minimum absolute atomic E-state index is 0. The first-order valence-corrected chi connectivity index (χ1v) is 10.9.